The molecule has 84 valence electrons. The Balaban J connectivity index is 0.000000921. The van der Waals surface area contributed by atoms with Crippen molar-refractivity contribution in [3.8, 4) is 0 Å². The van der Waals surface area contributed by atoms with E-state index in [9.17, 15) is 4.79 Å². The van der Waals surface area contributed by atoms with E-state index in [4.69, 9.17) is 11.6 Å². The van der Waals surface area contributed by atoms with E-state index in [1.807, 2.05) is 39.8 Å². The van der Waals surface area contributed by atoms with Crippen LogP contribution in [0, 0.1) is 13.8 Å². The van der Waals surface area contributed by atoms with Gasteiger partial charge in [0.15, 0.2) is 0 Å². The highest BCUT2D eigenvalue weighted by atomic mass is 35.5. The van der Waals surface area contributed by atoms with Crippen LogP contribution < -0.4 is 5.32 Å². The van der Waals surface area contributed by atoms with Gasteiger partial charge in [0.1, 0.15) is 0 Å². The number of rotatable bonds is 1. The summed E-state index contributed by atoms with van der Waals surface area (Å²) in [6.45, 7) is 9.34. The molecular weight excluding hydrogens is 210 g/mol. The Bertz CT molecular complexity index is 324. The van der Waals surface area contributed by atoms with Gasteiger partial charge in [-0.15, -0.1) is 0 Å². The van der Waals surface area contributed by atoms with E-state index < -0.39 is 0 Å². The van der Waals surface area contributed by atoms with Gasteiger partial charge >= 0.3 is 0 Å². The van der Waals surface area contributed by atoms with Crippen LogP contribution in [0.4, 0.5) is 5.69 Å². The maximum atomic E-state index is 10.9. The van der Waals surface area contributed by atoms with Crippen molar-refractivity contribution >= 4 is 23.2 Å². The van der Waals surface area contributed by atoms with Crippen molar-refractivity contribution in [2.75, 3.05) is 5.32 Å². The van der Waals surface area contributed by atoms with Crippen LogP contribution in [0.2, 0.25) is 5.02 Å². The SMILES string of the molecule is CC.CC(=O)Nc1c(C)cc(Cl)cc1C. The summed E-state index contributed by atoms with van der Waals surface area (Å²) < 4.78 is 0. The quantitative estimate of drug-likeness (QED) is 0.774. The summed E-state index contributed by atoms with van der Waals surface area (Å²) in [4.78, 5) is 10.9. The standard InChI is InChI=1S/C10H12ClNO.C2H6/c1-6-4-9(11)5-7(2)10(6)12-8(3)13;1-2/h4-5H,1-3H3,(H,12,13);1-2H3. The first kappa shape index (κ1) is 14.0. The summed E-state index contributed by atoms with van der Waals surface area (Å²) in [7, 11) is 0. The number of halogens is 1. The lowest BCUT2D eigenvalue weighted by molar-refractivity contribution is -0.114. The average molecular weight is 228 g/mol. The van der Waals surface area contributed by atoms with E-state index in [0.717, 1.165) is 16.8 Å². The van der Waals surface area contributed by atoms with Crippen LogP contribution in [0.15, 0.2) is 12.1 Å². The summed E-state index contributed by atoms with van der Waals surface area (Å²) in [5.74, 6) is -0.0616. The van der Waals surface area contributed by atoms with Gasteiger partial charge in [-0.1, -0.05) is 25.4 Å². The topological polar surface area (TPSA) is 29.1 Å². The Morgan fingerprint density at radius 2 is 1.60 bits per heavy atom. The molecule has 3 heteroatoms. The summed E-state index contributed by atoms with van der Waals surface area (Å²) in [6.07, 6.45) is 0. The Hall–Kier alpha value is -1.02. The molecule has 0 bridgehead atoms. The van der Waals surface area contributed by atoms with Crippen LogP contribution in [0.1, 0.15) is 31.9 Å². The summed E-state index contributed by atoms with van der Waals surface area (Å²) in [5.41, 5.74) is 2.83. The van der Waals surface area contributed by atoms with Gasteiger partial charge in [0.05, 0.1) is 0 Å². The van der Waals surface area contributed by atoms with Crippen molar-refractivity contribution in [1.82, 2.24) is 0 Å². The zero-order valence-electron chi connectivity index (χ0n) is 9.94. The number of hydrogen-bond acceptors (Lipinski definition) is 1. The van der Waals surface area contributed by atoms with E-state index in [1.54, 1.807) is 0 Å². The highest BCUT2D eigenvalue weighted by Gasteiger charge is 2.04. The van der Waals surface area contributed by atoms with E-state index >= 15 is 0 Å². The molecule has 0 aromatic heterocycles. The molecule has 0 saturated heterocycles. The van der Waals surface area contributed by atoms with Crippen molar-refractivity contribution in [3.05, 3.63) is 28.3 Å². The number of anilines is 1. The van der Waals surface area contributed by atoms with Gasteiger partial charge in [0, 0.05) is 17.6 Å². The molecule has 0 aliphatic heterocycles. The van der Waals surface area contributed by atoms with E-state index in [2.05, 4.69) is 5.32 Å². The minimum Gasteiger partial charge on any atom is -0.326 e. The van der Waals surface area contributed by atoms with Crippen LogP contribution in [-0.4, -0.2) is 5.91 Å². The Morgan fingerprint density at radius 3 is 1.93 bits per heavy atom. The number of benzene rings is 1. The first-order chi connectivity index (χ1) is 7.00. The third-order valence-corrected chi connectivity index (χ3v) is 2.02. The van der Waals surface area contributed by atoms with Gasteiger partial charge in [0.2, 0.25) is 5.91 Å². The van der Waals surface area contributed by atoms with Crippen LogP contribution >= 0.6 is 11.6 Å². The highest BCUT2D eigenvalue weighted by Crippen LogP contribution is 2.24. The molecule has 0 aliphatic rings. The van der Waals surface area contributed by atoms with Crippen LogP contribution in [0.3, 0.4) is 0 Å². The zero-order valence-corrected chi connectivity index (χ0v) is 10.7. The molecule has 0 unspecified atom stereocenters. The van der Waals surface area contributed by atoms with Gasteiger partial charge in [0.25, 0.3) is 0 Å². The second kappa shape index (κ2) is 6.46. The molecule has 1 aromatic carbocycles. The number of amides is 1. The number of hydrogen-bond donors (Lipinski definition) is 1. The highest BCUT2D eigenvalue weighted by molar-refractivity contribution is 6.30. The van der Waals surface area contributed by atoms with E-state index in [0.29, 0.717) is 5.02 Å². The maximum absolute atomic E-state index is 10.9. The fraction of sp³-hybridized carbons (Fsp3) is 0.417. The largest absolute Gasteiger partial charge is 0.326 e. The van der Waals surface area contributed by atoms with E-state index in [-0.39, 0.29) is 5.91 Å². The lowest BCUT2D eigenvalue weighted by Crippen LogP contribution is -2.08. The molecular formula is C12H18ClNO. The molecule has 1 aromatic rings. The Kier molecular flexibility index (Phi) is 6.02. The third kappa shape index (κ3) is 4.34. The van der Waals surface area contributed by atoms with Gasteiger partial charge in [-0.25, -0.2) is 0 Å². The van der Waals surface area contributed by atoms with Crippen molar-refractivity contribution < 1.29 is 4.79 Å². The first-order valence-electron chi connectivity index (χ1n) is 5.05. The minimum absolute atomic E-state index is 0.0616. The molecule has 0 heterocycles. The molecule has 2 nitrogen and oxygen atoms in total. The lowest BCUT2D eigenvalue weighted by Gasteiger charge is -2.10. The fourth-order valence-corrected chi connectivity index (χ4v) is 1.61. The molecule has 0 saturated carbocycles. The second-order valence-corrected chi connectivity index (χ2v) is 3.53. The number of nitrogens with one attached hydrogen (secondary N) is 1. The Morgan fingerprint density at radius 1 is 1.20 bits per heavy atom. The second-order valence-electron chi connectivity index (χ2n) is 3.10. The molecule has 15 heavy (non-hydrogen) atoms. The zero-order chi connectivity index (χ0) is 12.0. The van der Waals surface area contributed by atoms with Crippen LogP contribution in [-0.2, 0) is 4.79 Å². The van der Waals surface area contributed by atoms with Gasteiger partial charge in [-0.3, -0.25) is 4.79 Å². The van der Waals surface area contributed by atoms with E-state index in [1.165, 1.54) is 6.92 Å². The number of carbonyl (C=O) groups is 1. The monoisotopic (exact) mass is 227 g/mol. The molecule has 0 spiro atoms. The molecule has 1 rings (SSSR count). The fourth-order valence-electron chi connectivity index (χ4n) is 1.28. The summed E-state index contributed by atoms with van der Waals surface area (Å²) in [6, 6.07) is 3.67. The summed E-state index contributed by atoms with van der Waals surface area (Å²) >= 11 is 5.85. The molecule has 0 radical (unpaired) electrons. The Labute approximate surface area is 96.6 Å². The van der Waals surface area contributed by atoms with Crippen molar-refractivity contribution in [3.63, 3.8) is 0 Å². The number of carbonyl (C=O) groups excluding carboxylic acids is 1. The normalized spacial score (nSPS) is 8.93. The predicted octanol–water partition coefficient (Wildman–Crippen LogP) is 3.94. The van der Waals surface area contributed by atoms with Crippen molar-refractivity contribution in [2.45, 2.75) is 34.6 Å². The van der Waals surface area contributed by atoms with Gasteiger partial charge in [-0.05, 0) is 37.1 Å². The molecule has 1 amide bonds. The van der Waals surface area contributed by atoms with Crippen molar-refractivity contribution in [1.29, 1.82) is 0 Å². The summed E-state index contributed by atoms with van der Waals surface area (Å²) in [5, 5.41) is 3.47. The molecule has 0 fully saturated rings. The van der Waals surface area contributed by atoms with Crippen molar-refractivity contribution in [2.24, 2.45) is 0 Å². The maximum Gasteiger partial charge on any atom is 0.221 e. The van der Waals surface area contributed by atoms with Gasteiger partial charge in [-0.2, -0.15) is 0 Å². The number of aryl methyl sites for hydroxylation is 2. The lowest BCUT2D eigenvalue weighted by atomic mass is 10.1. The smallest absolute Gasteiger partial charge is 0.221 e. The van der Waals surface area contributed by atoms with Crippen LogP contribution in [0.25, 0.3) is 0 Å². The molecule has 0 atom stereocenters. The van der Waals surface area contributed by atoms with Gasteiger partial charge < -0.3 is 5.32 Å². The van der Waals surface area contributed by atoms with Crippen LogP contribution in [0.5, 0.6) is 0 Å². The first-order valence-corrected chi connectivity index (χ1v) is 5.43. The molecule has 0 aliphatic carbocycles. The minimum atomic E-state index is -0.0616. The average Bonchev–Trinajstić information content (AvgIpc) is 2.14. The predicted molar refractivity (Wildman–Crippen MR) is 66.6 cm³/mol. The third-order valence-electron chi connectivity index (χ3n) is 1.80. The molecule has 1 N–H and O–H groups in total.